The number of aromatic nitrogens is 4. The number of benzene rings is 1. The van der Waals surface area contributed by atoms with Gasteiger partial charge in [-0.15, -0.1) is 0 Å². The Balaban J connectivity index is 1.66. The van der Waals surface area contributed by atoms with Gasteiger partial charge in [-0.1, -0.05) is 11.2 Å². The zero-order valence-corrected chi connectivity index (χ0v) is 18.6. The van der Waals surface area contributed by atoms with Crippen molar-refractivity contribution >= 4 is 17.0 Å². The van der Waals surface area contributed by atoms with Crippen molar-refractivity contribution in [1.29, 1.82) is 0 Å². The van der Waals surface area contributed by atoms with E-state index in [-0.39, 0.29) is 5.97 Å². The molecular weight excluding hydrogens is 416 g/mol. The minimum Gasteiger partial charge on any atom is -0.465 e. The van der Waals surface area contributed by atoms with Crippen LogP contribution in [-0.4, -0.2) is 32.8 Å². The fourth-order valence-electron chi connectivity index (χ4n) is 4.12. The smallest absolute Gasteiger partial charge is 0.337 e. The summed E-state index contributed by atoms with van der Waals surface area (Å²) in [5.41, 5.74) is 7.04. The fourth-order valence-corrected chi connectivity index (χ4v) is 4.12. The van der Waals surface area contributed by atoms with E-state index in [2.05, 4.69) is 22.4 Å². The number of hydrogen-bond acceptors (Lipinski definition) is 6. The molecule has 0 saturated carbocycles. The third-order valence-corrected chi connectivity index (χ3v) is 5.71. The van der Waals surface area contributed by atoms with Crippen molar-refractivity contribution in [2.45, 2.75) is 20.3 Å². The van der Waals surface area contributed by atoms with E-state index in [1.165, 1.54) is 7.11 Å². The van der Waals surface area contributed by atoms with E-state index in [9.17, 15) is 4.79 Å². The first-order valence-corrected chi connectivity index (χ1v) is 10.6. The molecule has 7 heteroatoms. The van der Waals surface area contributed by atoms with E-state index >= 15 is 0 Å². The Kier molecular flexibility index (Phi) is 5.22. The van der Waals surface area contributed by atoms with Crippen molar-refractivity contribution in [3.8, 4) is 16.8 Å². The first-order chi connectivity index (χ1) is 16.0. The van der Waals surface area contributed by atoms with Crippen molar-refractivity contribution in [2.75, 3.05) is 7.11 Å². The molecule has 164 valence electrons. The SMILES string of the molecule is COC(=O)c1ccc(-n2cc(Cc3ccccn3)c3cc(-c4c(C)noc4C)cnc32)cc1. The van der Waals surface area contributed by atoms with E-state index in [1.807, 2.05) is 54.9 Å². The predicted molar refractivity (Wildman–Crippen MR) is 124 cm³/mol. The molecule has 0 atom stereocenters. The maximum atomic E-state index is 11.8. The maximum Gasteiger partial charge on any atom is 0.337 e. The Morgan fingerprint density at radius 2 is 1.91 bits per heavy atom. The lowest BCUT2D eigenvalue weighted by Gasteiger charge is -2.07. The summed E-state index contributed by atoms with van der Waals surface area (Å²) in [5.74, 6) is 0.398. The molecule has 1 aromatic carbocycles. The van der Waals surface area contributed by atoms with Gasteiger partial charge >= 0.3 is 5.97 Å². The molecule has 0 spiro atoms. The van der Waals surface area contributed by atoms with Crippen LogP contribution in [0.1, 0.15) is 33.1 Å². The third-order valence-electron chi connectivity index (χ3n) is 5.71. The minimum atomic E-state index is -0.364. The van der Waals surface area contributed by atoms with Gasteiger partial charge in [0, 0.05) is 52.9 Å². The first kappa shape index (κ1) is 20.6. The molecule has 5 rings (SSSR count). The van der Waals surface area contributed by atoms with Crippen molar-refractivity contribution in [1.82, 2.24) is 19.7 Å². The van der Waals surface area contributed by atoms with Crippen molar-refractivity contribution in [2.24, 2.45) is 0 Å². The topological polar surface area (TPSA) is 83.0 Å². The highest BCUT2D eigenvalue weighted by atomic mass is 16.5. The molecule has 0 N–H and O–H groups in total. The Hall–Kier alpha value is -4.26. The molecular formula is C26H22N4O3. The molecule has 0 aliphatic carbocycles. The summed E-state index contributed by atoms with van der Waals surface area (Å²) in [6.07, 6.45) is 6.39. The van der Waals surface area contributed by atoms with Gasteiger partial charge in [-0.05, 0) is 61.9 Å². The molecule has 0 unspecified atom stereocenters. The van der Waals surface area contributed by atoms with Gasteiger partial charge in [-0.25, -0.2) is 9.78 Å². The number of pyridine rings is 2. The Morgan fingerprint density at radius 3 is 2.58 bits per heavy atom. The highest BCUT2D eigenvalue weighted by Crippen LogP contribution is 2.32. The minimum absolute atomic E-state index is 0.364. The van der Waals surface area contributed by atoms with Gasteiger partial charge in [0.2, 0.25) is 0 Å². The van der Waals surface area contributed by atoms with Crippen LogP contribution in [0, 0.1) is 13.8 Å². The molecule has 0 fully saturated rings. The first-order valence-electron chi connectivity index (χ1n) is 10.6. The van der Waals surface area contributed by atoms with Crippen LogP contribution in [-0.2, 0) is 11.2 Å². The number of fused-ring (bicyclic) bond motifs is 1. The molecule has 0 bridgehead atoms. The van der Waals surface area contributed by atoms with E-state index < -0.39 is 0 Å². The van der Waals surface area contributed by atoms with Crippen LogP contribution < -0.4 is 0 Å². The summed E-state index contributed by atoms with van der Waals surface area (Å²) in [6, 6.07) is 15.3. The van der Waals surface area contributed by atoms with Gasteiger partial charge in [-0.2, -0.15) is 0 Å². The Morgan fingerprint density at radius 1 is 1.09 bits per heavy atom. The maximum absolute atomic E-state index is 11.8. The van der Waals surface area contributed by atoms with Gasteiger partial charge in [0.1, 0.15) is 11.4 Å². The number of carbonyl (C=O) groups is 1. The van der Waals surface area contributed by atoms with Crippen molar-refractivity contribution in [3.63, 3.8) is 0 Å². The number of aryl methyl sites for hydroxylation is 2. The van der Waals surface area contributed by atoms with E-state index in [1.54, 1.807) is 18.3 Å². The third kappa shape index (κ3) is 3.78. The standard InChI is InChI=1S/C26H22N4O3/c1-16-24(17(2)33-29-16)19-13-23-20(12-21-6-4-5-11-27-21)15-30(25(23)28-14-19)22-9-7-18(8-10-22)26(31)32-3/h4-11,13-15H,12H2,1-3H3. The van der Waals surface area contributed by atoms with Crippen LogP contribution in [0.4, 0.5) is 0 Å². The molecule has 4 aromatic heterocycles. The molecule has 0 aliphatic heterocycles. The predicted octanol–water partition coefficient (Wildman–Crippen LogP) is 5.07. The number of carbonyl (C=O) groups excluding carboxylic acids is 1. The van der Waals surface area contributed by atoms with E-state index in [4.69, 9.17) is 14.2 Å². The number of rotatable bonds is 5. The second-order valence-corrected chi connectivity index (χ2v) is 7.85. The summed E-state index contributed by atoms with van der Waals surface area (Å²) >= 11 is 0. The number of nitrogens with zero attached hydrogens (tertiary/aromatic N) is 4. The second kappa shape index (κ2) is 8.35. The summed E-state index contributed by atoms with van der Waals surface area (Å²) in [5, 5.41) is 5.11. The van der Waals surface area contributed by atoms with Gasteiger partial charge in [-0.3, -0.25) is 4.98 Å². The lowest BCUT2D eigenvalue weighted by Crippen LogP contribution is -2.01. The van der Waals surface area contributed by atoms with Gasteiger partial charge in [0.15, 0.2) is 0 Å². The molecule has 0 radical (unpaired) electrons. The van der Waals surface area contributed by atoms with Crippen molar-refractivity contribution in [3.05, 3.63) is 95.4 Å². The lowest BCUT2D eigenvalue weighted by atomic mass is 10.0. The van der Waals surface area contributed by atoms with Crippen LogP contribution in [0.25, 0.3) is 27.8 Å². The van der Waals surface area contributed by atoms with Crippen molar-refractivity contribution < 1.29 is 14.1 Å². The fraction of sp³-hybridized carbons (Fsp3) is 0.154. The molecule has 7 nitrogen and oxygen atoms in total. The van der Waals surface area contributed by atoms with Crippen LogP contribution in [0.15, 0.2) is 71.6 Å². The Bertz CT molecular complexity index is 1430. The summed E-state index contributed by atoms with van der Waals surface area (Å²) in [7, 11) is 1.38. The quantitative estimate of drug-likeness (QED) is 0.356. The second-order valence-electron chi connectivity index (χ2n) is 7.85. The zero-order chi connectivity index (χ0) is 22.9. The molecule has 0 aliphatic rings. The highest BCUT2D eigenvalue weighted by Gasteiger charge is 2.17. The number of ether oxygens (including phenoxy) is 1. The van der Waals surface area contributed by atoms with Crippen LogP contribution >= 0.6 is 0 Å². The normalized spacial score (nSPS) is 11.1. The van der Waals surface area contributed by atoms with Crippen LogP contribution in [0.2, 0.25) is 0 Å². The summed E-state index contributed by atoms with van der Waals surface area (Å²) in [4.78, 5) is 21.1. The zero-order valence-electron chi connectivity index (χ0n) is 18.6. The number of methoxy groups -OCH3 is 1. The summed E-state index contributed by atoms with van der Waals surface area (Å²) in [6.45, 7) is 3.83. The molecule has 5 aromatic rings. The molecule has 0 saturated heterocycles. The van der Waals surface area contributed by atoms with Crippen LogP contribution in [0.3, 0.4) is 0 Å². The van der Waals surface area contributed by atoms with E-state index in [0.29, 0.717) is 12.0 Å². The summed E-state index contributed by atoms with van der Waals surface area (Å²) < 4.78 is 12.2. The number of esters is 1. The van der Waals surface area contributed by atoms with Gasteiger partial charge in [0.05, 0.1) is 18.4 Å². The highest BCUT2D eigenvalue weighted by molar-refractivity contribution is 5.90. The van der Waals surface area contributed by atoms with Crippen LogP contribution in [0.5, 0.6) is 0 Å². The van der Waals surface area contributed by atoms with Gasteiger partial charge < -0.3 is 13.8 Å². The molecule has 33 heavy (non-hydrogen) atoms. The molecule has 4 heterocycles. The van der Waals surface area contributed by atoms with Gasteiger partial charge in [0.25, 0.3) is 0 Å². The number of hydrogen-bond donors (Lipinski definition) is 0. The average Bonchev–Trinajstić information content (AvgIpc) is 3.38. The Labute approximate surface area is 190 Å². The lowest BCUT2D eigenvalue weighted by molar-refractivity contribution is 0.0600. The average molecular weight is 438 g/mol. The molecule has 0 amide bonds. The monoisotopic (exact) mass is 438 g/mol. The van der Waals surface area contributed by atoms with E-state index in [0.717, 1.165) is 50.6 Å². The largest absolute Gasteiger partial charge is 0.465 e.